The van der Waals surface area contributed by atoms with Gasteiger partial charge < -0.3 is 34.4 Å². The summed E-state index contributed by atoms with van der Waals surface area (Å²) in [5, 5.41) is 13.8. The summed E-state index contributed by atoms with van der Waals surface area (Å²) in [5.41, 5.74) is 0.137. The highest BCUT2D eigenvalue weighted by Gasteiger charge is 2.77. The maximum Gasteiger partial charge on any atom is 0.313 e. The van der Waals surface area contributed by atoms with Crippen LogP contribution in [0.3, 0.4) is 0 Å². The van der Waals surface area contributed by atoms with E-state index in [1.54, 1.807) is 29.2 Å². The van der Waals surface area contributed by atoms with Gasteiger partial charge in [0.05, 0.1) is 43.2 Å². The molecule has 0 saturated carbocycles. The zero-order valence-corrected chi connectivity index (χ0v) is 31.7. The number of aliphatic hydroxyl groups is 1. The highest BCUT2D eigenvalue weighted by molar-refractivity contribution is 9.09. The van der Waals surface area contributed by atoms with Gasteiger partial charge in [-0.05, 0) is 44.2 Å². The molecule has 3 fully saturated rings. The van der Waals surface area contributed by atoms with E-state index >= 15 is 0 Å². The molecule has 280 valence electrons. The summed E-state index contributed by atoms with van der Waals surface area (Å²) in [5.74, 6) is -3.87. The van der Waals surface area contributed by atoms with Crippen LogP contribution in [-0.4, -0.2) is 106 Å². The Hall–Kier alpha value is -3.84. The normalized spacial score (nSPS) is 26.4. The number of hydrogen-bond acceptors (Lipinski definition) is 8. The Balaban J connectivity index is 1.55. The molecule has 3 amide bonds. The standard InChI is InChI=1S/C40H50BrN3O8/c1-6-8-19-31(46)42-30(24-50-5)34(27-17-13-10-14-18-27)51-39(49)32-33-37(47)44(28(23-45)21-26-15-11-9-12-16-26)36(38(48)43(20-7-2)25(3)4)40(33)22-29(41)35(32)52-40/h6-7,9-18,25,28-30,32-36,45H,1-2,8,19-24H2,3-5H3,(H,42,46)/t28-,29?,30-,32+,33-,34-,35+,36+,40-/m1/s1. The summed E-state index contributed by atoms with van der Waals surface area (Å²) in [6.45, 7) is 11.2. The molecule has 3 aliphatic rings. The van der Waals surface area contributed by atoms with Crippen molar-refractivity contribution in [1.29, 1.82) is 0 Å². The number of hydrogen-bond donors (Lipinski definition) is 2. The van der Waals surface area contributed by atoms with Crippen LogP contribution < -0.4 is 5.32 Å². The molecular formula is C40H50BrN3O8. The number of aliphatic hydroxyl groups excluding tert-OH is 1. The summed E-state index contributed by atoms with van der Waals surface area (Å²) in [7, 11) is 1.50. The SMILES string of the molecule is C=CCCC(=O)N[C@H](COC)[C@H](OC(=O)[C@@H]1[C@H]2O[C@@]3(CC2Br)[C@H](C(=O)N(CC=C)C(C)C)N([C@@H](CO)Cc2ccccc2)C(=O)[C@@H]13)c1ccccc1. The van der Waals surface area contributed by atoms with Crippen molar-refractivity contribution in [1.82, 2.24) is 15.1 Å². The number of methoxy groups -OCH3 is 1. The zero-order chi connectivity index (χ0) is 37.6. The number of nitrogens with one attached hydrogen (secondary N) is 1. The lowest BCUT2D eigenvalue weighted by molar-refractivity contribution is -0.163. The van der Waals surface area contributed by atoms with Crippen LogP contribution in [0, 0.1) is 11.8 Å². The Bertz CT molecular complexity index is 1590. The monoisotopic (exact) mass is 779 g/mol. The molecule has 3 saturated heterocycles. The lowest BCUT2D eigenvalue weighted by Gasteiger charge is -2.40. The Kier molecular flexibility index (Phi) is 13.1. The average molecular weight is 781 g/mol. The molecule has 52 heavy (non-hydrogen) atoms. The van der Waals surface area contributed by atoms with Gasteiger partial charge in [-0.3, -0.25) is 19.2 Å². The molecular weight excluding hydrogens is 730 g/mol. The van der Waals surface area contributed by atoms with Crippen molar-refractivity contribution >= 4 is 39.6 Å². The van der Waals surface area contributed by atoms with E-state index in [1.807, 2.05) is 62.4 Å². The number of allylic oxidation sites excluding steroid dienone is 1. The Morgan fingerprint density at radius 2 is 1.79 bits per heavy atom. The lowest BCUT2D eigenvalue weighted by atomic mass is 9.70. The number of rotatable bonds is 18. The minimum atomic E-state index is -1.37. The van der Waals surface area contributed by atoms with Crippen LogP contribution in [0.25, 0.3) is 0 Å². The van der Waals surface area contributed by atoms with Gasteiger partial charge in [-0.2, -0.15) is 0 Å². The van der Waals surface area contributed by atoms with Crippen LogP contribution in [0.5, 0.6) is 0 Å². The molecule has 2 N–H and O–H groups in total. The van der Waals surface area contributed by atoms with E-state index in [9.17, 15) is 24.3 Å². The van der Waals surface area contributed by atoms with Gasteiger partial charge in [0.2, 0.25) is 17.7 Å². The topological polar surface area (TPSA) is 135 Å². The number of ether oxygens (including phenoxy) is 3. The maximum atomic E-state index is 14.9. The number of halogens is 1. The van der Waals surface area contributed by atoms with Gasteiger partial charge in [-0.25, -0.2) is 0 Å². The summed E-state index contributed by atoms with van der Waals surface area (Å²) in [6, 6.07) is 15.6. The predicted molar refractivity (Wildman–Crippen MR) is 199 cm³/mol. The fourth-order valence-electron chi connectivity index (χ4n) is 8.12. The molecule has 1 unspecified atom stereocenters. The van der Waals surface area contributed by atoms with Gasteiger partial charge in [0.1, 0.15) is 17.7 Å². The molecule has 11 nitrogen and oxygen atoms in total. The van der Waals surface area contributed by atoms with Crippen molar-refractivity contribution in [2.45, 2.75) is 86.3 Å². The molecule has 3 heterocycles. The molecule has 0 aromatic heterocycles. The van der Waals surface area contributed by atoms with Crippen molar-refractivity contribution in [2.24, 2.45) is 11.8 Å². The third-order valence-electron chi connectivity index (χ3n) is 10.4. The first-order valence-electron chi connectivity index (χ1n) is 17.9. The molecule has 0 radical (unpaired) electrons. The first-order chi connectivity index (χ1) is 25.0. The summed E-state index contributed by atoms with van der Waals surface area (Å²) < 4.78 is 18.6. The number of amides is 3. The molecule has 2 aromatic carbocycles. The summed E-state index contributed by atoms with van der Waals surface area (Å²) in [6.07, 6.45) is 2.80. The van der Waals surface area contributed by atoms with E-state index in [4.69, 9.17) is 14.2 Å². The van der Waals surface area contributed by atoms with E-state index in [1.165, 1.54) is 12.0 Å². The van der Waals surface area contributed by atoms with E-state index in [0.29, 0.717) is 18.4 Å². The molecule has 12 heteroatoms. The molecule has 5 rings (SSSR count). The van der Waals surface area contributed by atoms with Gasteiger partial charge in [0, 0.05) is 30.9 Å². The van der Waals surface area contributed by atoms with Crippen LogP contribution in [0.1, 0.15) is 50.3 Å². The van der Waals surface area contributed by atoms with Gasteiger partial charge in [0.25, 0.3) is 0 Å². The van der Waals surface area contributed by atoms with Crippen molar-refractivity contribution in [3.05, 3.63) is 97.1 Å². The number of esters is 1. The Morgan fingerprint density at radius 1 is 1.12 bits per heavy atom. The lowest BCUT2D eigenvalue weighted by Crippen LogP contribution is -2.60. The molecule has 2 aromatic rings. The minimum absolute atomic E-state index is 0.0427. The van der Waals surface area contributed by atoms with Gasteiger partial charge in [-0.1, -0.05) is 88.7 Å². The van der Waals surface area contributed by atoms with E-state index in [2.05, 4.69) is 34.4 Å². The third kappa shape index (κ3) is 7.76. The van der Waals surface area contributed by atoms with Gasteiger partial charge in [-0.15, -0.1) is 13.2 Å². The van der Waals surface area contributed by atoms with E-state index in [0.717, 1.165) is 5.56 Å². The second-order valence-corrected chi connectivity index (χ2v) is 15.2. The third-order valence-corrected chi connectivity index (χ3v) is 11.2. The number of carbonyl (C=O) groups is 4. The Labute approximate surface area is 314 Å². The number of carbonyl (C=O) groups excluding carboxylic acids is 4. The smallest absolute Gasteiger partial charge is 0.313 e. The van der Waals surface area contributed by atoms with Crippen LogP contribution in [0.2, 0.25) is 0 Å². The van der Waals surface area contributed by atoms with Crippen molar-refractivity contribution in [3.63, 3.8) is 0 Å². The Morgan fingerprint density at radius 3 is 2.38 bits per heavy atom. The molecule has 1 spiro atoms. The van der Waals surface area contributed by atoms with Gasteiger partial charge >= 0.3 is 5.97 Å². The van der Waals surface area contributed by atoms with E-state index in [-0.39, 0.29) is 48.7 Å². The second-order valence-electron chi connectivity index (χ2n) is 14.0. The maximum absolute atomic E-state index is 14.9. The fraction of sp³-hybridized carbons (Fsp3) is 0.500. The number of benzene rings is 2. The first-order valence-corrected chi connectivity index (χ1v) is 18.8. The van der Waals surface area contributed by atoms with Gasteiger partial charge in [0.15, 0.2) is 0 Å². The predicted octanol–water partition coefficient (Wildman–Crippen LogP) is 4.14. The van der Waals surface area contributed by atoms with Crippen LogP contribution in [0.4, 0.5) is 0 Å². The van der Waals surface area contributed by atoms with Crippen LogP contribution in [0.15, 0.2) is 86.0 Å². The van der Waals surface area contributed by atoms with Crippen molar-refractivity contribution in [2.75, 3.05) is 26.9 Å². The zero-order valence-electron chi connectivity index (χ0n) is 30.1. The molecule has 9 atom stereocenters. The van der Waals surface area contributed by atoms with Crippen LogP contribution >= 0.6 is 15.9 Å². The molecule has 2 bridgehead atoms. The quantitative estimate of drug-likeness (QED) is 0.131. The number of likely N-dealkylation sites (tertiary alicyclic amines) is 1. The number of alkyl halides is 1. The summed E-state index contributed by atoms with van der Waals surface area (Å²) >= 11 is 3.74. The molecule has 0 aliphatic carbocycles. The number of nitrogens with zero attached hydrogens (tertiary/aromatic N) is 2. The van der Waals surface area contributed by atoms with Crippen molar-refractivity contribution < 1.29 is 38.5 Å². The highest BCUT2D eigenvalue weighted by atomic mass is 79.9. The average Bonchev–Trinajstić information content (AvgIpc) is 3.74. The minimum Gasteiger partial charge on any atom is -0.455 e. The first kappa shape index (κ1) is 39.4. The second kappa shape index (κ2) is 17.3. The summed E-state index contributed by atoms with van der Waals surface area (Å²) in [4.78, 5) is 60.0. The van der Waals surface area contributed by atoms with Crippen LogP contribution in [-0.2, 0) is 39.8 Å². The molecule has 3 aliphatic heterocycles. The van der Waals surface area contributed by atoms with E-state index < -0.39 is 66.3 Å². The largest absolute Gasteiger partial charge is 0.455 e. The fourth-order valence-corrected chi connectivity index (χ4v) is 9.07. The highest BCUT2D eigenvalue weighted by Crippen LogP contribution is 2.61. The van der Waals surface area contributed by atoms with Crippen molar-refractivity contribution in [3.8, 4) is 0 Å². The number of fused-ring (bicyclic) bond motifs is 1.